The highest BCUT2D eigenvalue weighted by Crippen LogP contribution is 2.28. The number of benzene rings is 2. The molecule has 2 amide bonds. The second kappa shape index (κ2) is 10.4. The summed E-state index contributed by atoms with van der Waals surface area (Å²) in [6, 6.07) is 10.7. The normalized spacial score (nSPS) is 10.5. The van der Waals surface area contributed by atoms with Gasteiger partial charge in [-0.15, -0.1) is 0 Å². The third kappa shape index (κ3) is 7.05. The number of anilines is 2. The molecule has 0 fully saturated rings. The fourth-order valence-electron chi connectivity index (χ4n) is 2.50. The SMILES string of the molecule is COc1ccc([N+](=O)[O-])cc1NC(=O)CCN(C)CC(=O)Nc1cccc(Cl)c1. The molecular weight excluding hydrogens is 400 g/mol. The van der Waals surface area contributed by atoms with E-state index in [0.29, 0.717) is 23.0 Å². The molecule has 0 saturated heterocycles. The standard InChI is InChI=1S/C19H21ClN4O5/c1-23(12-19(26)21-14-5-3-4-13(20)10-14)9-8-18(25)22-16-11-15(24(27)28)6-7-17(16)29-2/h3-7,10-11H,8-9,12H2,1-2H3,(H,21,26)(H,22,25). The van der Waals surface area contributed by atoms with Crippen LogP contribution in [0.5, 0.6) is 5.75 Å². The van der Waals surface area contributed by atoms with E-state index in [9.17, 15) is 19.7 Å². The van der Waals surface area contributed by atoms with Crippen molar-refractivity contribution in [1.29, 1.82) is 0 Å². The van der Waals surface area contributed by atoms with E-state index in [4.69, 9.17) is 16.3 Å². The van der Waals surface area contributed by atoms with Crippen LogP contribution >= 0.6 is 11.6 Å². The second-order valence-electron chi connectivity index (χ2n) is 6.24. The molecule has 0 spiro atoms. The number of methoxy groups -OCH3 is 1. The Morgan fingerprint density at radius 3 is 2.59 bits per heavy atom. The third-order valence-electron chi connectivity index (χ3n) is 3.91. The van der Waals surface area contributed by atoms with Crippen molar-refractivity contribution >= 4 is 40.5 Å². The maximum absolute atomic E-state index is 12.2. The Hall–Kier alpha value is -3.17. The molecule has 0 radical (unpaired) electrons. The van der Waals surface area contributed by atoms with Gasteiger partial charge in [0.15, 0.2) is 0 Å². The minimum atomic E-state index is -0.554. The predicted octanol–water partition coefficient (Wildman–Crippen LogP) is 3.16. The predicted molar refractivity (Wildman–Crippen MR) is 110 cm³/mol. The number of carbonyl (C=O) groups excluding carboxylic acids is 2. The summed E-state index contributed by atoms with van der Waals surface area (Å²) in [5.74, 6) is -0.278. The number of amides is 2. The molecule has 10 heteroatoms. The van der Waals surface area contributed by atoms with Crippen LogP contribution < -0.4 is 15.4 Å². The zero-order valence-corrected chi connectivity index (χ0v) is 16.7. The van der Waals surface area contributed by atoms with E-state index in [1.54, 1.807) is 36.2 Å². The highest BCUT2D eigenvalue weighted by atomic mass is 35.5. The summed E-state index contributed by atoms with van der Waals surface area (Å²) >= 11 is 5.88. The molecule has 2 N–H and O–H groups in total. The van der Waals surface area contributed by atoms with E-state index >= 15 is 0 Å². The lowest BCUT2D eigenvalue weighted by Crippen LogP contribution is -2.32. The number of nitrogens with zero attached hydrogens (tertiary/aromatic N) is 2. The molecule has 0 aliphatic carbocycles. The van der Waals surface area contributed by atoms with Crippen LogP contribution in [0, 0.1) is 10.1 Å². The number of ether oxygens (including phenoxy) is 1. The number of halogens is 1. The van der Waals surface area contributed by atoms with Crippen molar-refractivity contribution in [2.75, 3.05) is 37.9 Å². The van der Waals surface area contributed by atoms with Gasteiger partial charge in [-0.05, 0) is 31.3 Å². The summed E-state index contributed by atoms with van der Waals surface area (Å²) in [7, 11) is 3.11. The molecule has 0 aromatic heterocycles. The molecule has 0 unspecified atom stereocenters. The van der Waals surface area contributed by atoms with Crippen molar-refractivity contribution in [3.8, 4) is 5.75 Å². The van der Waals surface area contributed by atoms with Crippen LogP contribution in [-0.2, 0) is 9.59 Å². The first-order valence-electron chi connectivity index (χ1n) is 8.64. The van der Waals surface area contributed by atoms with E-state index in [2.05, 4.69) is 10.6 Å². The largest absolute Gasteiger partial charge is 0.495 e. The van der Waals surface area contributed by atoms with Crippen LogP contribution in [0.2, 0.25) is 5.02 Å². The number of hydrogen-bond acceptors (Lipinski definition) is 6. The van der Waals surface area contributed by atoms with E-state index in [0.717, 1.165) is 0 Å². The van der Waals surface area contributed by atoms with Gasteiger partial charge in [0, 0.05) is 35.8 Å². The quantitative estimate of drug-likeness (QED) is 0.475. The minimum Gasteiger partial charge on any atom is -0.495 e. The molecule has 0 aliphatic heterocycles. The zero-order valence-electron chi connectivity index (χ0n) is 16.0. The third-order valence-corrected chi connectivity index (χ3v) is 4.15. The van der Waals surface area contributed by atoms with Gasteiger partial charge in [-0.1, -0.05) is 17.7 Å². The fraction of sp³-hybridized carbons (Fsp3) is 0.263. The van der Waals surface area contributed by atoms with Gasteiger partial charge in [-0.3, -0.25) is 24.6 Å². The van der Waals surface area contributed by atoms with Gasteiger partial charge in [-0.2, -0.15) is 0 Å². The second-order valence-corrected chi connectivity index (χ2v) is 6.67. The lowest BCUT2D eigenvalue weighted by Gasteiger charge is -2.16. The molecule has 0 atom stereocenters. The van der Waals surface area contributed by atoms with Gasteiger partial charge in [-0.25, -0.2) is 0 Å². The van der Waals surface area contributed by atoms with Crippen molar-refractivity contribution < 1.29 is 19.2 Å². The van der Waals surface area contributed by atoms with E-state index < -0.39 is 4.92 Å². The number of nitro groups is 1. The fourth-order valence-corrected chi connectivity index (χ4v) is 2.69. The molecule has 2 aromatic carbocycles. The Bertz CT molecular complexity index is 906. The van der Waals surface area contributed by atoms with Crippen LogP contribution in [0.4, 0.5) is 17.1 Å². The lowest BCUT2D eigenvalue weighted by molar-refractivity contribution is -0.384. The Balaban J connectivity index is 1.84. The molecule has 2 aromatic rings. The van der Waals surface area contributed by atoms with Gasteiger partial charge in [0.2, 0.25) is 11.8 Å². The summed E-state index contributed by atoms with van der Waals surface area (Å²) < 4.78 is 5.11. The molecule has 0 bridgehead atoms. The summed E-state index contributed by atoms with van der Waals surface area (Å²) in [6.07, 6.45) is 0.0901. The Labute approximate surface area is 172 Å². The highest BCUT2D eigenvalue weighted by molar-refractivity contribution is 6.30. The molecular formula is C19H21ClN4O5. The van der Waals surface area contributed by atoms with Gasteiger partial charge >= 0.3 is 0 Å². The molecule has 2 rings (SSSR count). The monoisotopic (exact) mass is 420 g/mol. The molecule has 0 heterocycles. The first-order valence-corrected chi connectivity index (χ1v) is 9.02. The van der Waals surface area contributed by atoms with Crippen LogP contribution in [0.3, 0.4) is 0 Å². The van der Waals surface area contributed by atoms with Gasteiger partial charge in [0.1, 0.15) is 5.75 Å². The van der Waals surface area contributed by atoms with Crippen molar-refractivity contribution in [2.24, 2.45) is 0 Å². The molecule has 29 heavy (non-hydrogen) atoms. The van der Waals surface area contributed by atoms with Crippen LogP contribution in [0.25, 0.3) is 0 Å². The minimum absolute atomic E-state index is 0.0833. The number of carbonyl (C=O) groups is 2. The Morgan fingerprint density at radius 1 is 1.17 bits per heavy atom. The van der Waals surface area contributed by atoms with E-state index in [1.807, 2.05) is 0 Å². The van der Waals surface area contributed by atoms with E-state index in [1.165, 1.54) is 25.3 Å². The first-order chi connectivity index (χ1) is 13.8. The number of non-ortho nitro benzene ring substituents is 1. The van der Waals surface area contributed by atoms with Crippen LogP contribution in [0.15, 0.2) is 42.5 Å². The maximum Gasteiger partial charge on any atom is 0.271 e. The number of rotatable bonds is 9. The van der Waals surface area contributed by atoms with E-state index in [-0.39, 0.29) is 36.2 Å². The topological polar surface area (TPSA) is 114 Å². The smallest absolute Gasteiger partial charge is 0.271 e. The number of nitrogens with one attached hydrogen (secondary N) is 2. The van der Waals surface area contributed by atoms with Crippen molar-refractivity contribution in [1.82, 2.24) is 4.90 Å². The van der Waals surface area contributed by atoms with Crippen LogP contribution in [0.1, 0.15) is 6.42 Å². The molecule has 154 valence electrons. The van der Waals surface area contributed by atoms with Crippen molar-refractivity contribution in [2.45, 2.75) is 6.42 Å². The van der Waals surface area contributed by atoms with Crippen molar-refractivity contribution in [3.63, 3.8) is 0 Å². The number of nitro benzene ring substituents is 1. The highest BCUT2D eigenvalue weighted by Gasteiger charge is 2.15. The first kappa shape index (κ1) is 22.1. The Kier molecular flexibility index (Phi) is 7.93. The number of likely N-dealkylation sites (N-methyl/N-ethyl adjacent to an activating group) is 1. The van der Waals surface area contributed by atoms with Gasteiger partial charge < -0.3 is 15.4 Å². The summed E-state index contributed by atoms with van der Waals surface area (Å²) in [4.78, 5) is 36.3. The summed E-state index contributed by atoms with van der Waals surface area (Å²) in [6.45, 7) is 0.395. The van der Waals surface area contributed by atoms with Crippen molar-refractivity contribution in [3.05, 3.63) is 57.6 Å². The molecule has 0 aliphatic rings. The maximum atomic E-state index is 12.2. The van der Waals surface area contributed by atoms with Gasteiger partial charge in [0.25, 0.3) is 5.69 Å². The zero-order chi connectivity index (χ0) is 21.4. The average Bonchev–Trinajstić information content (AvgIpc) is 2.66. The summed E-state index contributed by atoms with van der Waals surface area (Å²) in [5.41, 5.74) is 0.648. The Morgan fingerprint density at radius 2 is 1.93 bits per heavy atom. The van der Waals surface area contributed by atoms with Gasteiger partial charge in [0.05, 0.1) is 24.3 Å². The molecule has 9 nitrogen and oxygen atoms in total. The molecule has 0 saturated carbocycles. The number of hydrogen-bond donors (Lipinski definition) is 2. The lowest BCUT2D eigenvalue weighted by atomic mass is 10.2. The summed E-state index contributed by atoms with van der Waals surface area (Å²) in [5, 5.41) is 16.8. The average molecular weight is 421 g/mol. The van der Waals surface area contributed by atoms with Crippen LogP contribution in [-0.4, -0.2) is 48.9 Å².